The number of likely N-dealkylation sites (tertiary alicyclic amines) is 1. The molecule has 5 rings (SSSR count). The molecule has 0 aliphatic carbocycles. The standard InChI is InChI=1S/C35H37N3O6/c1-22(39)19-23-12-17-29-26(20-23)21-30(43-29)24-13-15-27(16-14-24)36-32(40)28-11-8-18-38(28)33(41)31(25-9-6-5-7-10-25)37-34(42)44-35(2,3)4/h5-7,9-10,12-17,20-21,28,31H,8,11,18-19H2,1-4H3,(H,36,40)(H,37,42)/t28-,31+/m0/s1. The molecule has 0 bridgehead atoms. The number of amides is 3. The van der Waals surface area contributed by atoms with E-state index < -0.39 is 23.8 Å². The fourth-order valence-electron chi connectivity index (χ4n) is 5.40. The Kier molecular flexibility index (Phi) is 8.85. The highest BCUT2D eigenvalue weighted by molar-refractivity contribution is 5.99. The van der Waals surface area contributed by atoms with Crippen LogP contribution in [0, 0.1) is 0 Å². The Balaban J connectivity index is 1.28. The number of nitrogens with one attached hydrogen (secondary N) is 2. The number of anilines is 1. The van der Waals surface area contributed by atoms with E-state index in [4.69, 9.17) is 9.15 Å². The minimum Gasteiger partial charge on any atom is -0.456 e. The molecular formula is C35H37N3O6. The van der Waals surface area contributed by atoms with Gasteiger partial charge in [-0.3, -0.25) is 14.4 Å². The Morgan fingerprint density at radius 1 is 0.977 bits per heavy atom. The van der Waals surface area contributed by atoms with Crippen LogP contribution in [0.1, 0.15) is 57.7 Å². The summed E-state index contributed by atoms with van der Waals surface area (Å²) in [5.41, 5.74) is 2.96. The summed E-state index contributed by atoms with van der Waals surface area (Å²) >= 11 is 0. The first-order chi connectivity index (χ1) is 21.0. The summed E-state index contributed by atoms with van der Waals surface area (Å²) < 4.78 is 11.4. The molecule has 2 heterocycles. The Morgan fingerprint density at radius 3 is 2.39 bits per heavy atom. The largest absolute Gasteiger partial charge is 0.456 e. The van der Waals surface area contributed by atoms with E-state index in [0.29, 0.717) is 42.8 Å². The van der Waals surface area contributed by atoms with Crippen LogP contribution in [-0.4, -0.2) is 46.8 Å². The van der Waals surface area contributed by atoms with Crippen LogP contribution in [0.25, 0.3) is 22.3 Å². The maximum Gasteiger partial charge on any atom is 0.408 e. The zero-order valence-electron chi connectivity index (χ0n) is 25.4. The van der Waals surface area contributed by atoms with Gasteiger partial charge in [0.05, 0.1) is 0 Å². The van der Waals surface area contributed by atoms with Crippen LogP contribution in [0.15, 0.2) is 83.3 Å². The zero-order valence-corrected chi connectivity index (χ0v) is 25.4. The first-order valence-corrected chi connectivity index (χ1v) is 14.7. The van der Waals surface area contributed by atoms with E-state index in [9.17, 15) is 19.2 Å². The van der Waals surface area contributed by atoms with Crippen LogP contribution in [0.2, 0.25) is 0 Å². The number of furan rings is 1. The first kappa shape index (κ1) is 30.5. The van der Waals surface area contributed by atoms with Gasteiger partial charge in [-0.1, -0.05) is 36.4 Å². The molecule has 1 fully saturated rings. The fraction of sp³-hybridized carbons (Fsp3) is 0.314. The molecule has 228 valence electrons. The number of rotatable bonds is 8. The number of carbonyl (C=O) groups excluding carboxylic acids is 4. The third kappa shape index (κ3) is 7.34. The summed E-state index contributed by atoms with van der Waals surface area (Å²) in [7, 11) is 0. The highest BCUT2D eigenvalue weighted by Gasteiger charge is 2.38. The molecule has 1 saturated heterocycles. The normalized spacial score (nSPS) is 15.5. The van der Waals surface area contributed by atoms with Crippen molar-refractivity contribution in [3.63, 3.8) is 0 Å². The summed E-state index contributed by atoms with van der Waals surface area (Å²) in [6.45, 7) is 7.23. The van der Waals surface area contributed by atoms with Crippen molar-refractivity contribution >= 4 is 40.3 Å². The number of carbonyl (C=O) groups is 4. The molecule has 0 saturated carbocycles. The Labute approximate surface area is 256 Å². The smallest absolute Gasteiger partial charge is 0.408 e. The number of benzene rings is 3. The van der Waals surface area contributed by atoms with Gasteiger partial charge < -0.3 is 24.7 Å². The quantitative estimate of drug-likeness (QED) is 0.243. The third-order valence-electron chi connectivity index (χ3n) is 7.35. The van der Waals surface area contributed by atoms with Crippen LogP contribution in [0.5, 0.6) is 0 Å². The average molecular weight is 596 g/mol. The van der Waals surface area contributed by atoms with Gasteiger partial charge in [-0.05, 0) is 94.1 Å². The maximum atomic E-state index is 13.8. The van der Waals surface area contributed by atoms with Gasteiger partial charge in [0.25, 0.3) is 5.91 Å². The number of hydrogen-bond donors (Lipinski definition) is 2. The molecule has 0 unspecified atom stereocenters. The molecule has 2 atom stereocenters. The van der Waals surface area contributed by atoms with Crippen molar-refractivity contribution in [3.8, 4) is 11.3 Å². The topological polar surface area (TPSA) is 118 Å². The lowest BCUT2D eigenvalue weighted by Gasteiger charge is -2.29. The van der Waals surface area contributed by atoms with Gasteiger partial charge in [0.15, 0.2) is 0 Å². The minimum absolute atomic E-state index is 0.101. The number of ether oxygens (including phenoxy) is 1. The van der Waals surface area contributed by atoms with Crippen LogP contribution < -0.4 is 10.6 Å². The number of fused-ring (bicyclic) bond motifs is 1. The highest BCUT2D eigenvalue weighted by Crippen LogP contribution is 2.30. The second kappa shape index (κ2) is 12.8. The van der Waals surface area contributed by atoms with Gasteiger partial charge in [0.2, 0.25) is 5.91 Å². The number of nitrogens with zero attached hydrogens (tertiary/aromatic N) is 1. The molecule has 1 aromatic heterocycles. The SMILES string of the molecule is CC(=O)Cc1ccc2oc(-c3ccc(NC(=O)[C@@H]4CCCN4C(=O)[C@H](NC(=O)OC(C)(C)C)c4ccccc4)cc3)cc2c1. The van der Waals surface area contributed by atoms with Gasteiger partial charge in [-0.15, -0.1) is 0 Å². The predicted octanol–water partition coefficient (Wildman–Crippen LogP) is 6.43. The predicted molar refractivity (Wildman–Crippen MR) is 168 cm³/mol. The van der Waals surface area contributed by atoms with E-state index in [2.05, 4.69) is 10.6 Å². The summed E-state index contributed by atoms with van der Waals surface area (Å²) in [4.78, 5) is 52.9. The Bertz CT molecular complexity index is 1670. The molecule has 1 aliphatic heterocycles. The van der Waals surface area contributed by atoms with E-state index >= 15 is 0 Å². The van der Waals surface area contributed by atoms with Gasteiger partial charge in [-0.25, -0.2) is 4.79 Å². The van der Waals surface area contributed by atoms with Crippen molar-refractivity contribution in [1.29, 1.82) is 0 Å². The molecular weight excluding hydrogens is 558 g/mol. The van der Waals surface area contributed by atoms with Gasteiger partial charge in [0, 0.05) is 29.6 Å². The lowest BCUT2D eigenvalue weighted by Crippen LogP contribution is -2.49. The van der Waals surface area contributed by atoms with Crippen molar-refractivity contribution in [2.24, 2.45) is 0 Å². The molecule has 0 spiro atoms. The molecule has 4 aromatic rings. The zero-order chi connectivity index (χ0) is 31.4. The summed E-state index contributed by atoms with van der Waals surface area (Å²) in [5, 5.41) is 6.57. The fourth-order valence-corrected chi connectivity index (χ4v) is 5.40. The molecule has 1 aliphatic rings. The Hall–Kier alpha value is -4.92. The first-order valence-electron chi connectivity index (χ1n) is 14.7. The van der Waals surface area contributed by atoms with Crippen molar-refractivity contribution in [2.45, 2.75) is 64.6 Å². The van der Waals surface area contributed by atoms with Crippen LogP contribution in [-0.2, 0) is 25.5 Å². The van der Waals surface area contributed by atoms with Gasteiger partial charge in [-0.2, -0.15) is 0 Å². The molecule has 9 heteroatoms. The number of Topliss-reactive ketones (excluding diaryl/α,β-unsaturated/α-hetero) is 1. The molecule has 9 nitrogen and oxygen atoms in total. The summed E-state index contributed by atoms with van der Waals surface area (Å²) in [5.74, 6) is 0.111. The average Bonchev–Trinajstić information content (AvgIpc) is 3.63. The Morgan fingerprint density at radius 2 is 1.70 bits per heavy atom. The maximum absolute atomic E-state index is 13.8. The van der Waals surface area contributed by atoms with Gasteiger partial charge >= 0.3 is 6.09 Å². The third-order valence-corrected chi connectivity index (χ3v) is 7.35. The highest BCUT2D eigenvalue weighted by atomic mass is 16.6. The summed E-state index contributed by atoms with van der Waals surface area (Å²) in [6, 6.07) is 22.2. The van der Waals surface area contributed by atoms with Crippen LogP contribution >= 0.6 is 0 Å². The van der Waals surface area contributed by atoms with E-state index in [1.165, 1.54) is 4.90 Å². The number of alkyl carbamates (subject to hydrolysis) is 1. The van der Waals surface area contributed by atoms with Crippen LogP contribution in [0.3, 0.4) is 0 Å². The van der Waals surface area contributed by atoms with E-state index in [-0.39, 0.29) is 17.6 Å². The van der Waals surface area contributed by atoms with E-state index in [1.807, 2.05) is 42.5 Å². The van der Waals surface area contributed by atoms with E-state index in [1.54, 1.807) is 64.1 Å². The molecule has 2 N–H and O–H groups in total. The molecule has 0 radical (unpaired) electrons. The van der Waals surface area contributed by atoms with Crippen molar-refractivity contribution in [1.82, 2.24) is 10.2 Å². The minimum atomic E-state index is -0.999. The lowest BCUT2D eigenvalue weighted by atomic mass is 10.0. The molecule has 3 amide bonds. The van der Waals surface area contributed by atoms with Crippen molar-refractivity contribution < 1.29 is 28.3 Å². The van der Waals surface area contributed by atoms with Crippen molar-refractivity contribution in [2.75, 3.05) is 11.9 Å². The second-order valence-corrected chi connectivity index (χ2v) is 12.1. The lowest BCUT2D eigenvalue weighted by molar-refractivity contribution is -0.138. The second-order valence-electron chi connectivity index (χ2n) is 12.1. The monoisotopic (exact) mass is 595 g/mol. The van der Waals surface area contributed by atoms with Crippen LogP contribution in [0.4, 0.5) is 10.5 Å². The van der Waals surface area contributed by atoms with Gasteiger partial charge in [0.1, 0.15) is 34.8 Å². The molecule has 3 aromatic carbocycles. The number of hydrogen-bond acceptors (Lipinski definition) is 6. The summed E-state index contributed by atoms with van der Waals surface area (Å²) in [6.07, 6.45) is 0.841. The van der Waals surface area contributed by atoms with E-state index in [0.717, 1.165) is 22.1 Å². The molecule has 44 heavy (non-hydrogen) atoms. The number of ketones is 1. The van der Waals surface area contributed by atoms with Crippen molar-refractivity contribution in [3.05, 3.63) is 90.0 Å².